The van der Waals surface area contributed by atoms with Crippen molar-refractivity contribution in [1.29, 1.82) is 5.26 Å². The molecule has 0 atom stereocenters. The SMILES string of the molecule is COc1cncc(-c2c(C#N)c(N)nc3c2COCC3)c1. The van der Waals surface area contributed by atoms with Crippen LogP contribution in [0.3, 0.4) is 0 Å². The highest BCUT2D eigenvalue weighted by Crippen LogP contribution is 2.35. The molecule has 1 aliphatic heterocycles. The molecule has 1 aliphatic rings. The molecular formula is C15H14N4O2. The summed E-state index contributed by atoms with van der Waals surface area (Å²) in [7, 11) is 1.57. The van der Waals surface area contributed by atoms with Gasteiger partial charge in [-0.3, -0.25) is 4.98 Å². The summed E-state index contributed by atoms with van der Waals surface area (Å²) in [5, 5.41) is 9.43. The molecule has 3 rings (SSSR count). The number of nitrogens with two attached hydrogens (primary N) is 1. The van der Waals surface area contributed by atoms with Crippen LogP contribution in [0, 0.1) is 11.3 Å². The third kappa shape index (κ3) is 2.28. The van der Waals surface area contributed by atoms with Crippen LogP contribution in [0.4, 0.5) is 5.82 Å². The quantitative estimate of drug-likeness (QED) is 0.900. The van der Waals surface area contributed by atoms with Gasteiger partial charge in [-0.1, -0.05) is 0 Å². The van der Waals surface area contributed by atoms with Crippen molar-refractivity contribution in [3.8, 4) is 22.9 Å². The number of nitrogen functional groups attached to an aromatic ring is 1. The van der Waals surface area contributed by atoms with Gasteiger partial charge in [0.2, 0.25) is 0 Å². The largest absolute Gasteiger partial charge is 0.495 e. The third-order valence-corrected chi connectivity index (χ3v) is 3.49. The Balaban J connectivity index is 2.29. The van der Waals surface area contributed by atoms with Gasteiger partial charge in [-0.2, -0.15) is 5.26 Å². The smallest absolute Gasteiger partial charge is 0.142 e. The lowest BCUT2D eigenvalue weighted by Gasteiger charge is -2.21. The fourth-order valence-electron chi connectivity index (χ4n) is 2.50. The van der Waals surface area contributed by atoms with E-state index in [2.05, 4.69) is 16.0 Å². The van der Waals surface area contributed by atoms with Crippen LogP contribution in [0.25, 0.3) is 11.1 Å². The lowest BCUT2D eigenvalue weighted by molar-refractivity contribution is 0.109. The van der Waals surface area contributed by atoms with Gasteiger partial charge in [-0.25, -0.2) is 4.98 Å². The number of fused-ring (bicyclic) bond motifs is 1. The summed E-state index contributed by atoms with van der Waals surface area (Å²) in [6.07, 6.45) is 3.99. The number of pyridine rings is 2. The second-order valence-electron chi connectivity index (χ2n) is 4.70. The fourth-order valence-corrected chi connectivity index (χ4v) is 2.50. The van der Waals surface area contributed by atoms with Gasteiger partial charge in [0.05, 0.1) is 32.2 Å². The highest BCUT2D eigenvalue weighted by atomic mass is 16.5. The van der Waals surface area contributed by atoms with Crippen LogP contribution in [0.15, 0.2) is 18.5 Å². The standard InChI is InChI=1S/C15H14N4O2/c1-20-10-4-9(6-18-7-10)14-11(5-16)15(17)19-13-2-3-21-8-12(13)14/h4,6-7H,2-3,8H2,1H3,(H2,17,19). The summed E-state index contributed by atoms with van der Waals surface area (Å²) in [4.78, 5) is 8.49. The molecule has 0 amide bonds. The van der Waals surface area contributed by atoms with E-state index in [-0.39, 0.29) is 5.82 Å². The molecule has 3 heterocycles. The molecule has 21 heavy (non-hydrogen) atoms. The average molecular weight is 282 g/mol. The maximum absolute atomic E-state index is 9.43. The fraction of sp³-hybridized carbons (Fsp3) is 0.267. The Hall–Kier alpha value is -2.65. The van der Waals surface area contributed by atoms with Gasteiger partial charge in [0.25, 0.3) is 0 Å². The van der Waals surface area contributed by atoms with Gasteiger partial charge in [0.1, 0.15) is 23.2 Å². The summed E-state index contributed by atoms with van der Waals surface area (Å²) in [6, 6.07) is 3.97. The Kier molecular flexibility index (Phi) is 3.42. The summed E-state index contributed by atoms with van der Waals surface area (Å²) >= 11 is 0. The molecule has 6 nitrogen and oxygen atoms in total. The molecular weight excluding hydrogens is 268 g/mol. The summed E-state index contributed by atoms with van der Waals surface area (Å²) in [5.74, 6) is 0.869. The van der Waals surface area contributed by atoms with Gasteiger partial charge in [0.15, 0.2) is 0 Å². The van der Waals surface area contributed by atoms with Crippen LogP contribution in [0.5, 0.6) is 5.75 Å². The Labute approximate surface area is 122 Å². The number of anilines is 1. The first-order chi connectivity index (χ1) is 10.2. The molecule has 0 saturated heterocycles. The molecule has 6 heteroatoms. The van der Waals surface area contributed by atoms with Crippen molar-refractivity contribution in [2.75, 3.05) is 19.5 Å². The zero-order valence-corrected chi connectivity index (χ0v) is 11.6. The summed E-state index contributed by atoms with van der Waals surface area (Å²) in [5.41, 5.74) is 9.60. The number of nitrogens with zero attached hydrogens (tertiary/aromatic N) is 3. The molecule has 2 aromatic heterocycles. The van der Waals surface area contributed by atoms with Crippen LogP contribution in [-0.4, -0.2) is 23.7 Å². The van der Waals surface area contributed by atoms with Crippen LogP contribution in [-0.2, 0) is 17.8 Å². The van der Waals surface area contributed by atoms with Crippen molar-refractivity contribution >= 4 is 5.82 Å². The Morgan fingerprint density at radius 2 is 2.29 bits per heavy atom. The summed E-state index contributed by atoms with van der Waals surface area (Å²) < 4.78 is 10.7. The first kappa shape index (κ1) is 13.3. The normalized spacial score (nSPS) is 13.3. The molecule has 0 fully saturated rings. The minimum atomic E-state index is 0.246. The van der Waals surface area contributed by atoms with Gasteiger partial charge >= 0.3 is 0 Å². The molecule has 2 aromatic rings. The molecule has 0 bridgehead atoms. The molecule has 0 radical (unpaired) electrons. The third-order valence-electron chi connectivity index (χ3n) is 3.49. The number of hydrogen-bond acceptors (Lipinski definition) is 6. The van der Waals surface area contributed by atoms with Crippen molar-refractivity contribution in [2.24, 2.45) is 0 Å². The van der Waals surface area contributed by atoms with Gasteiger partial charge in [-0.05, 0) is 6.07 Å². The zero-order chi connectivity index (χ0) is 14.8. The van der Waals surface area contributed by atoms with Crippen LogP contribution in [0.1, 0.15) is 16.8 Å². The van der Waals surface area contributed by atoms with Crippen LogP contribution < -0.4 is 10.5 Å². The number of rotatable bonds is 2. The topological polar surface area (TPSA) is 94.0 Å². The number of methoxy groups -OCH3 is 1. The van der Waals surface area contributed by atoms with Gasteiger partial charge in [0, 0.05) is 29.3 Å². The van der Waals surface area contributed by atoms with E-state index >= 15 is 0 Å². The average Bonchev–Trinajstić information content (AvgIpc) is 2.53. The molecule has 0 aliphatic carbocycles. The van der Waals surface area contributed by atoms with E-state index in [4.69, 9.17) is 15.2 Å². The van der Waals surface area contributed by atoms with Crippen molar-refractivity contribution in [3.63, 3.8) is 0 Å². The highest BCUT2D eigenvalue weighted by molar-refractivity contribution is 5.79. The number of ether oxygens (including phenoxy) is 2. The van der Waals surface area contributed by atoms with Gasteiger partial charge in [-0.15, -0.1) is 0 Å². The molecule has 106 valence electrons. The predicted octanol–water partition coefficient (Wildman–Crippen LogP) is 1.68. The minimum Gasteiger partial charge on any atom is -0.495 e. The van der Waals surface area contributed by atoms with E-state index in [1.54, 1.807) is 19.5 Å². The van der Waals surface area contributed by atoms with E-state index in [0.717, 1.165) is 22.4 Å². The molecule has 2 N–H and O–H groups in total. The number of nitriles is 1. The van der Waals surface area contributed by atoms with E-state index in [1.807, 2.05) is 6.07 Å². The van der Waals surface area contributed by atoms with Crippen LogP contribution >= 0.6 is 0 Å². The molecule has 0 spiro atoms. The van der Waals surface area contributed by atoms with Gasteiger partial charge < -0.3 is 15.2 Å². The number of hydrogen-bond donors (Lipinski definition) is 1. The van der Waals surface area contributed by atoms with Crippen molar-refractivity contribution < 1.29 is 9.47 Å². The zero-order valence-electron chi connectivity index (χ0n) is 11.6. The molecule has 0 unspecified atom stereocenters. The molecule has 0 saturated carbocycles. The second-order valence-corrected chi connectivity index (χ2v) is 4.70. The highest BCUT2D eigenvalue weighted by Gasteiger charge is 2.22. The summed E-state index contributed by atoms with van der Waals surface area (Å²) in [6.45, 7) is 1.03. The molecule has 0 aromatic carbocycles. The minimum absolute atomic E-state index is 0.246. The van der Waals surface area contributed by atoms with Crippen LogP contribution in [0.2, 0.25) is 0 Å². The van der Waals surface area contributed by atoms with Crippen molar-refractivity contribution in [2.45, 2.75) is 13.0 Å². The Morgan fingerprint density at radius 3 is 3.05 bits per heavy atom. The lowest BCUT2D eigenvalue weighted by Crippen LogP contribution is -2.16. The first-order valence-corrected chi connectivity index (χ1v) is 6.53. The second kappa shape index (κ2) is 5.38. The van der Waals surface area contributed by atoms with E-state index in [1.165, 1.54) is 0 Å². The Bertz CT molecular complexity index is 737. The van der Waals surface area contributed by atoms with E-state index in [9.17, 15) is 5.26 Å². The maximum atomic E-state index is 9.43. The van der Waals surface area contributed by atoms with E-state index in [0.29, 0.717) is 30.9 Å². The predicted molar refractivity (Wildman–Crippen MR) is 76.5 cm³/mol. The first-order valence-electron chi connectivity index (χ1n) is 6.53. The van der Waals surface area contributed by atoms with E-state index < -0.39 is 0 Å². The monoisotopic (exact) mass is 282 g/mol. The van der Waals surface area contributed by atoms with Crippen molar-refractivity contribution in [3.05, 3.63) is 35.3 Å². The maximum Gasteiger partial charge on any atom is 0.142 e. The number of aromatic nitrogens is 2. The van der Waals surface area contributed by atoms with Crippen molar-refractivity contribution in [1.82, 2.24) is 9.97 Å². The lowest BCUT2D eigenvalue weighted by atomic mass is 9.93. The Morgan fingerprint density at radius 1 is 1.43 bits per heavy atom.